The predicted molar refractivity (Wildman–Crippen MR) is 125 cm³/mol. The van der Waals surface area contributed by atoms with Crippen molar-refractivity contribution in [1.29, 1.82) is 0 Å². The largest absolute Gasteiger partial charge is 0.492 e. The Bertz CT molecular complexity index is 959. The number of benzene rings is 2. The molecule has 0 unspecified atom stereocenters. The number of rotatable bonds is 8. The van der Waals surface area contributed by atoms with Gasteiger partial charge in [0.2, 0.25) is 5.91 Å². The number of hydrogen-bond donors (Lipinski definition) is 3. The maximum atomic E-state index is 11.9. The van der Waals surface area contributed by atoms with Crippen LogP contribution in [0.25, 0.3) is 0 Å². The molecular formula is C20H20Cl3N3O4S. The van der Waals surface area contributed by atoms with Crippen LogP contribution in [0.2, 0.25) is 15.1 Å². The summed E-state index contributed by atoms with van der Waals surface area (Å²) in [5, 5.41) is 3.83. The third-order valence-corrected chi connectivity index (χ3v) is 4.73. The molecule has 0 aliphatic rings. The molecule has 31 heavy (non-hydrogen) atoms. The maximum Gasteiger partial charge on any atom is 0.264 e. The molecule has 2 rings (SSSR count). The quantitative estimate of drug-likeness (QED) is 0.283. The molecule has 0 aromatic heterocycles. The van der Waals surface area contributed by atoms with Crippen LogP contribution in [0.4, 0.5) is 0 Å². The zero-order valence-corrected chi connectivity index (χ0v) is 19.6. The first-order valence-corrected chi connectivity index (χ1v) is 10.6. The van der Waals surface area contributed by atoms with Gasteiger partial charge in [-0.2, -0.15) is 0 Å². The van der Waals surface area contributed by atoms with Crippen molar-refractivity contribution in [3.8, 4) is 11.5 Å². The molecule has 2 aromatic rings. The number of nitrogens with one attached hydrogen (secondary N) is 3. The Labute approximate surface area is 200 Å². The van der Waals surface area contributed by atoms with E-state index in [2.05, 4.69) is 16.2 Å². The Kier molecular flexibility index (Phi) is 10.1. The first-order chi connectivity index (χ1) is 14.7. The second kappa shape index (κ2) is 12.6. The highest BCUT2D eigenvalue weighted by Gasteiger charge is 2.09. The predicted octanol–water partition coefficient (Wildman–Crippen LogP) is 4.22. The Morgan fingerprint density at radius 2 is 1.61 bits per heavy atom. The van der Waals surface area contributed by atoms with E-state index >= 15 is 0 Å². The fourth-order valence-corrected chi connectivity index (χ4v) is 3.16. The van der Waals surface area contributed by atoms with Crippen molar-refractivity contribution >= 4 is 63.9 Å². The number of carbonyl (C=O) groups is 2. The van der Waals surface area contributed by atoms with E-state index in [-0.39, 0.29) is 30.7 Å². The number of aryl methyl sites for hydroxylation is 1. The van der Waals surface area contributed by atoms with Crippen LogP contribution in [-0.2, 0) is 9.59 Å². The normalized spacial score (nSPS) is 10.2. The molecule has 0 aliphatic carbocycles. The maximum absolute atomic E-state index is 11.9. The summed E-state index contributed by atoms with van der Waals surface area (Å²) < 4.78 is 10.9. The van der Waals surface area contributed by atoms with Crippen LogP contribution >= 0.6 is 47.0 Å². The average molecular weight is 505 g/mol. The van der Waals surface area contributed by atoms with Gasteiger partial charge in [-0.05, 0) is 67.5 Å². The highest BCUT2D eigenvalue weighted by Crippen LogP contribution is 2.27. The van der Waals surface area contributed by atoms with Crippen LogP contribution < -0.4 is 25.6 Å². The van der Waals surface area contributed by atoms with Crippen LogP contribution in [0.5, 0.6) is 11.5 Å². The van der Waals surface area contributed by atoms with E-state index < -0.39 is 5.91 Å². The van der Waals surface area contributed by atoms with E-state index in [1.165, 1.54) is 0 Å². The number of ether oxygens (including phenoxy) is 2. The SMILES string of the molecule is Cc1cc(Cl)ccc1OCC(=O)NC(=S)NNC(=O)CCCOc1ccc(Cl)cc1Cl. The molecule has 7 nitrogen and oxygen atoms in total. The van der Waals surface area contributed by atoms with Crippen LogP contribution in [0.3, 0.4) is 0 Å². The van der Waals surface area contributed by atoms with Gasteiger partial charge in [0.1, 0.15) is 11.5 Å². The third-order valence-electron chi connectivity index (χ3n) is 3.76. The fraction of sp³-hybridized carbons (Fsp3) is 0.250. The van der Waals surface area contributed by atoms with E-state index in [0.29, 0.717) is 33.0 Å². The van der Waals surface area contributed by atoms with Crippen LogP contribution in [0.1, 0.15) is 18.4 Å². The highest BCUT2D eigenvalue weighted by molar-refractivity contribution is 7.80. The number of thiocarbonyl (C=S) groups is 1. The molecule has 0 saturated heterocycles. The van der Waals surface area contributed by atoms with Crippen molar-refractivity contribution in [2.75, 3.05) is 13.2 Å². The Morgan fingerprint density at radius 3 is 2.29 bits per heavy atom. The summed E-state index contributed by atoms with van der Waals surface area (Å²) in [7, 11) is 0. The Balaban J connectivity index is 1.60. The number of hydrazine groups is 1. The lowest BCUT2D eigenvalue weighted by molar-refractivity contribution is -0.123. The van der Waals surface area contributed by atoms with Crippen LogP contribution in [-0.4, -0.2) is 30.1 Å². The first kappa shape index (κ1) is 25.0. The van der Waals surface area contributed by atoms with Gasteiger partial charge in [0.15, 0.2) is 11.7 Å². The van der Waals surface area contributed by atoms with Crippen molar-refractivity contribution in [3.05, 3.63) is 57.0 Å². The summed E-state index contributed by atoms with van der Waals surface area (Å²) in [6.07, 6.45) is 0.619. The van der Waals surface area contributed by atoms with Crippen molar-refractivity contribution in [3.63, 3.8) is 0 Å². The molecule has 11 heteroatoms. The van der Waals surface area contributed by atoms with E-state index in [9.17, 15) is 9.59 Å². The highest BCUT2D eigenvalue weighted by atomic mass is 35.5. The first-order valence-electron chi connectivity index (χ1n) is 9.10. The number of halogens is 3. The summed E-state index contributed by atoms with van der Waals surface area (Å²) in [6.45, 7) is 1.86. The average Bonchev–Trinajstić information content (AvgIpc) is 2.70. The summed E-state index contributed by atoms with van der Waals surface area (Å²) in [6, 6.07) is 9.96. The molecule has 0 heterocycles. The van der Waals surface area contributed by atoms with Gasteiger partial charge in [-0.25, -0.2) is 0 Å². The smallest absolute Gasteiger partial charge is 0.264 e. The molecule has 0 aliphatic heterocycles. The second-order valence-corrected chi connectivity index (χ2v) is 7.96. The molecule has 166 valence electrons. The van der Waals surface area contributed by atoms with Crippen molar-refractivity contribution < 1.29 is 19.1 Å². The molecule has 3 N–H and O–H groups in total. The van der Waals surface area contributed by atoms with E-state index in [1.54, 1.807) is 36.4 Å². The third kappa shape index (κ3) is 9.18. The van der Waals surface area contributed by atoms with Gasteiger partial charge in [-0.15, -0.1) is 0 Å². The minimum absolute atomic E-state index is 0.0565. The van der Waals surface area contributed by atoms with Gasteiger partial charge in [0, 0.05) is 16.5 Å². The zero-order valence-electron chi connectivity index (χ0n) is 16.5. The topological polar surface area (TPSA) is 88.7 Å². The number of carbonyl (C=O) groups excluding carboxylic acids is 2. The number of hydrogen-bond acceptors (Lipinski definition) is 5. The lowest BCUT2D eigenvalue weighted by atomic mass is 10.2. The molecule has 0 saturated carbocycles. The van der Waals surface area contributed by atoms with Gasteiger partial charge >= 0.3 is 0 Å². The standard InChI is InChI=1S/C20H20Cl3N3O4S/c1-12-9-13(21)4-6-16(12)30-11-19(28)24-20(31)26-25-18(27)3-2-8-29-17-7-5-14(22)10-15(17)23/h4-7,9-10H,2-3,8,11H2,1H3,(H,25,27)(H2,24,26,28,31). The van der Waals surface area contributed by atoms with Crippen molar-refractivity contribution in [2.45, 2.75) is 19.8 Å². The molecule has 0 atom stereocenters. The molecule has 2 aromatic carbocycles. The summed E-state index contributed by atoms with van der Waals surface area (Å²) in [5.74, 6) is 0.225. The molecule has 0 radical (unpaired) electrons. The van der Waals surface area contributed by atoms with Gasteiger partial charge in [-0.1, -0.05) is 34.8 Å². The molecule has 0 fully saturated rings. The van der Waals surface area contributed by atoms with Gasteiger partial charge in [0.25, 0.3) is 5.91 Å². The summed E-state index contributed by atoms with van der Waals surface area (Å²) in [4.78, 5) is 23.8. The van der Waals surface area contributed by atoms with Crippen LogP contribution in [0.15, 0.2) is 36.4 Å². The summed E-state index contributed by atoms with van der Waals surface area (Å²) >= 11 is 22.7. The van der Waals surface area contributed by atoms with Gasteiger partial charge < -0.3 is 9.47 Å². The molecule has 0 bridgehead atoms. The Hall–Kier alpha value is -2.26. The van der Waals surface area contributed by atoms with Crippen LogP contribution in [0, 0.1) is 6.92 Å². The number of amides is 2. The lowest BCUT2D eigenvalue weighted by Crippen LogP contribution is -2.49. The minimum Gasteiger partial charge on any atom is -0.492 e. The molecular weight excluding hydrogens is 485 g/mol. The molecule has 2 amide bonds. The van der Waals surface area contributed by atoms with E-state index in [0.717, 1.165) is 5.56 Å². The van der Waals surface area contributed by atoms with Crippen molar-refractivity contribution in [1.82, 2.24) is 16.2 Å². The monoisotopic (exact) mass is 503 g/mol. The van der Waals surface area contributed by atoms with Crippen molar-refractivity contribution in [2.24, 2.45) is 0 Å². The second-order valence-electron chi connectivity index (χ2n) is 6.28. The zero-order chi connectivity index (χ0) is 22.8. The van der Waals surface area contributed by atoms with E-state index in [1.807, 2.05) is 6.92 Å². The Morgan fingerprint density at radius 1 is 0.935 bits per heavy atom. The fourth-order valence-electron chi connectivity index (χ4n) is 2.31. The van der Waals surface area contributed by atoms with Gasteiger partial charge in [-0.3, -0.25) is 25.8 Å². The molecule has 0 spiro atoms. The lowest BCUT2D eigenvalue weighted by Gasteiger charge is -2.12. The van der Waals surface area contributed by atoms with E-state index in [4.69, 9.17) is 56.5 Å². The minimum atomic E-state index is -0.477. The van der Waals surface area contributed by atoms with Gasteiger partial charge in [0.05, 0.1) is 11.6 Å². The summed E-state index contributed by atoms with van der Waals surface area (Å²) in [5.41, 5.74) is 5.65.